The average Bonchev–Trinajstić information content (AvgIpc) is 2.98. The van der Waals surface area contributed by atoms with Crippen LogP contribution in [-0.2, 0) is 0 Å². The maximum absolute atomic E-state index is 13.7. The second kappa shape index (κ2) is 5.65. The first-order chi connectivity index (χ1) is 11.6. The molecule has 0 saturated heterocycles. The summed E-state index contributed by atoms with van der Waals surface area (Å²) < 4.78 is 14.4. The Morgan fingerprint density at radius 1 is 1.12 bits per heavy atom. The summed E-state index contributed by atoms with van der Waals surface area (Å²) in [6, 6.07) is 14.0. The molecule has 6 heteroatoms. The van der Waals surface area contributed by atoms with Gasteiger partial charge in [0.25, 0.3) is 5.91 Å². The van der Waals surface area contributed by atoms with Gasteiger partial charge in [-0.1, -0.05) is 29.5 Å². The highest BCUT2D eigenvalue weighted by Crippen LogP contribution is 2.28. The summed E-state index contributed by atoms with van der Waals surface area (Å²) in [4.78, 5) is 21.0. The number of carbonyl (C=O) groups excluding carboxylic acids is 1. The molecule has 4 nitrogen and oxygen atoms in total. The Kier molecular flexibility index (Phi) is 3.46. The van der Waals surface area contributed by atoms with Crippen molar-refractivity contribution in [3.8, 4) is 0 Å². The van der Waals surface area contributed by atoms with Gasteiger partial charge in [0, 0.05) is 16.6 Å². The normalized spacial score (nSPS) is 11.1. The molecule has 4 rings (SSSR count). The Hall–Kier alpha value is -2.86. The lowest BCUT2D eigenvalue weighted by Gasteiger charge is -2.04. The van der Waals surface area contributed by atoms with E-state index in [1.54, 1.807) is 24.3 Å². The first-order valence-corrected chi connectivity index (χ1v) is 8.16. The molecule has 1 N–H and O–H groups in total. The Bertz CT molecular complexity index is 1090. The molecule has 0 aliphatic heterocycles. The number of carbonyl (C=O) groups is 1. The van der Waals surface area contributed by atoms with Gasteiger partial charge < -0.3 is 0 Å². The van der Waals surface area contributed by atoms with Crippen LogP contribution >= 0.6 is 11.3 Å². The maximum Gasteiger partial charge on any atom is 0.257 e. The minimum atomic E-state index is -0.394. The van der Waals surface area contributed by atoms with Crippen molar-refractivity contribution in [3.05, 3.63) is 65.6 Å². The average molecular weight is 337 g/mol. The largest absolute Gasteiger partial charge is 0.298 e. The Morgan fingerprint density at radius 3 is 2.79 bits per heavy atom. The zero-order chi connectivity index (χ0) is 16.7. The fourth-order valence-electron chi connectivity index (χ4n) is 2.50. The van der Waals surface area contributed by atoms with E-state index in [9.17, 15) is 9.18 Å². The monoisotopic (exact) mass is 337 g/mol. The molecule has 24 heavy (non-hydrogen) atoms. The lowest BCUT2D eigenvalue weighted by Crippen LogP contribution is -2.11. The van der Waals surface area contributed by atoms with Gasteiger partial charge in [-0.15, -0.1) is 0 Å². The third-order valence-electron chi connectivity index (χ3n) is 3.68. The van der Waals surface area contributed by atoms with Crippen molar-refractivity contribution < 1.29 is 9.18 Å². The zero-order valence-electron chi connectivity index (χ0n) is 12.7. The number of hydrogen-bond donors (Lipinski definition) is 1. The molecule has 4 aromatic rings. The number of nitrogens with one attached hydrogen (secondary N) is 1. The highest BCUT2D eigenvalue weighted by atomic mass is 32.1. The lowest BCUT2D eigenvalue weighted by molar-refractivity contribution is 0.102. The molecule has 2 aromatic heterocycles. The van der Waals surface area contributed by atoms with Crippen LogP contribution in [0, 0.1) is 12.7 Å². The van der Waals surface area contributed by atoms with Crippen LogP contribution in [0.1, 0.15) is 16.1 Å². The molecule has 0 radical (unpaired) electrons. The number of amides is 1. The number of aryl methyl sites for hydroxylation is 1. The van der Waals surface area contributed by atoms with Crippen LogP contribution in [0.5, 0.6) is 0 Å². The molecule has 0 aliphatic carbocycles. The number of pyridine rings is 1. The predicted molar refractivity (Wildman–Crippen MR) is 94.0 cm³/mol. The van der Waals surface area contributed by atoms with Gasteiger partial charge >= 0.3 is 0 Å². The van der Waals surface area contributed by atoms with Gasteiger partial charge in [-0.3, -0.25) is 15.1 Å². The van der Waals surface area contributed by atoms with Gasteiger partial charge in [0.05, 0.1) is 10.2 Å². The Balaban J connectivity index is 1.66. The summed E-state index contributed by atoms with van der Waals surface area (Å²) in [5.74, 6) is -0.686. The predicted octanol–water partition coefficient (Wildman–Crippen LogP) is 4.54. The van der Waals surface area contributed by atoms with Crippen LogP contribution in [-0.4, -0.2) is 15.9 Å². The van der Waals surface area contributed by atoms with Gasteiger partial charge in [0.2, 0.25) is 0 Å². The number of hydrogen-bond acceptors (Lipinski definition) is 4. The topological polar surface area (TPSA) is 54.9 Å². The van der Waals surface area contributed by atoms with Crippen LogP contribution in [0.15, 0.2) is 48.5 Å². The minimum Gasteiger partial charge on any atom is -0.298 e. The zero-order valence-corrected chi connectivity index (χ0v) is 13.5. The van der Waals surface area contributed by atoms with Crippen molar-refractivity contribution >= 4 is 43.5 Å². The second-order valence-electron chi connectivity index (χ2n) is 5.42. The summed E-state index contributed by atoms with van der Waals surface area (Å²) in [5.41, 5.74) is 2.41. The van der Waals surface area contributed by atoms with Crippen LogP contribution in [0.4, 0.5) is 9.52 Å². The molecule has 0 saturated carbocycles. The molecule has 118 valence electrons. The first-order valence-electron chi connectivity index (χ1n) is 7.34. The van der Waals surface area contributed by atoms with Crippen LogP contribution in [0.2, 0.25) is 0 Å². The number of aromatic nitrogens is 2. The molecule has 2 heterocycles. The van der Waals surface area contributed by atoms with E-state index in [1.807, 2.05) is 25.1 Å². The Morgan fingerprint density at radius 2 is 1.96 bits per heavy atom. The summed E-state index contributed by atoms with van der Waals surface area (Å²) >= 11 is 1.24. The smallest absolute Gasteiger partial charge is 0.257 e. The van der Waals surface area contributed by atoms with E-state index >= 15 is 0 Å². The van der Waals surface area contributed by atoms with Gasteiger partial charge in [-0.2, -0.15) is 0 Å². The summed E-state index contributed by atoms with van der Waals surface area (Å²) in [6.07, 6.45) is 0. The third-order valence-corrected chi connectivity index (χ3v) is 4.62. The molecule has 0 spiro atoms. The molecule has 0 fully saturated rings. The number of rotatable bonds is 2. The lowest BCUT2D eigenvalue weighted by atomic mass is 10.1. The van der Waals surface area contributed by atoms with Crippen molar-refractivity contribution in [2.24, 2.45) is 0 Å². The fraction of sp³-hybridized carbons (Fsp3) is 0.0556. The molecule has 2 aromatic carbocycles. The van der Waals surface area contributed by atoms with E-state index in [-0.39, 0.29) is 11.4 Å². The van der Waals surface area contributed by atoms with Gasteiger partial charge in [-0.05, 0) is 37.3 Å². The fourth-order valence-corrected chi connectivity index (χ4v) is 3.37. The van der Waals surface area contributed by atoms with E-state index in [2.05, 4.69) is 15.3 Å². The van der Waals surface area contributed by atoms with Crippen LogP contribution in [0.3, 0.4) is 0 Å². The van der Waals surface area contributed by atoms with E-state index < -0.39 is 5.82 Å². The van der Waals surface area contributed by atoms with Crippen molar-refractivity contribution in [2.45, 2.75) is 6.92 Å². The number of halogens is 1. The van der Waals surface area contributed by atoms with E-state index in [0.29, 0.717) is 15.4 Å². The van der Waals surface area contributed by atoms with Crippen molar-refractivity contribution in [3.63, 3.8) is 0 Å². The van der Waals surface area contributed by atoms with E-state index in [1.165, 1.54) is 17.4 Å². The number of nitrogens with zero attached hydrogens (tertiary/aromatic N) is 2. The SMILES string of the molecule is Cc1ccc2ccc(C(=O)Nc3nc4c(F)cccc4s3)cc2n1. The second-order valence-corrected chi connectivity index (χ2v) is 6.45. The highest BCUT2D eigenvalue weighted by Gasteiger charge is 2.12. The third kappa shape index (κ3) is 2.61. The number of anilines is 1. The first kappa shape index (κ1) is 14.7. The maximum atomic E-state index is 13.7. The standard InChI is InChI=1S/C18H12FN3OS/c1-10-5-6-11-7-8-12(9-14(11)20-10)17(23)22-18-21-16-13(19)3-2-4-15(16)24-18/h2-9H,1H3,(H,21,22,23). The summed E-state index contributed by atoms with van der Waals surface area (Å²) in [7, 11) is 0. The molecule has 0 unspecified atom stereocenters. The highest BCUT2D eigenvalue weighted by molar-refractivity contribution is 7.22. The van der Waals surface area contributed by atoms with Gasteiger partial charge in [-0.25, -0.2) is 9.37 Å². The van der Waals surface area contributed by atoms with Crippen LogP contribution < -0.4 is 5.32 Å². The van der Waals surface area contributed by atoms with E-state index in [0.717, 1.165) is 16.6 Å². The summed E-state index contributed by atoms with van der Waals surface area (Å²) in [5, 5.41) is 4.07. The van der Waals surface area contributed by atoms with Gasteiger partial charge in [0.15, 0.2) is 5.13 Å². The minimum absolute atomic E-state index is 0.272. The quantitative estimate of drug-likeness (QED) is 0.584. The molecule has 0 aliphatic rings. The number of thiazole rings is 1. The molecular formula is C18H12FN3OS. The molecule has 0 atom stereocenters. The number of fused-ring (bicyclic) bond motifs is 2. The molecule has 1 amide bonds. The van der Waals surface area contributed by atoms with Crippen molar-refractivity contribution in [2.75, 3.05) is 5.32 Å². The van der Waals surface area contributed by atoms with Crippen LogP contribution in [0.25, 0.3) is 21.1 Å². The van der Waals surface area contributed by atoms with Gasteiger partial charge in [0.1, 0.15) is 11.3 Å². The molecular weight excluding hydrogens is 325 g/mol. The molecule has 0 bridgehead atoms. The summed E-state index contributed by atoms with van der Waals surface area (Å²) in [6.45, 7) is 1.90. The van der Waals surface area contributed by atoms with Crippen molar-refractivity contribution in [1.29, 1.82) is 0 Å². The number of para-hydroxylation sites is 1. The number of benzene rings is 2. The van der Waals surface area contributed by atoms with Crippen molar-refractivity contribution in [1.82, 2.24) is 9.97 Å². The Labute approximate surface area is 141 Å². The van der Waals surface area contributed by atoms with E-state index in [4.69, 9.17) is 0 Å².